The Kier molecular flexibility index (Phi) is 5.66. The molecule has 0 saturated carbocycles. The van der Waals surface area contributed by atoms with Crippen molar-refractivity contribution in [2.45, 2.75) is 6.92 Å². The summed E-state index contributed by atoms with van der Waals surface area (Å²) in [5.41, 5.74) is 1.32. The second kappa shape index (κ2) is 8.31. The summed E-state index contributed by atoms with van der Waals surface area (Å²) in [5, 5.41) is 20.5. The zero-order valence-corrected chi connectivity index (χ0v) is 15.4. The van der Waals surface area contributed by atoms with Gasteiger partial charge in [0.1, 0.15) is 6.33 Å². The number of halogens is 1. The van der Waals surface area contributed by atoms with E-state index in [4.69, 9.17) is 11.6 Å². The first kappa shape index (κ1) is 19.1. The Hall–Kier alpha value is -3.72. The molecular weight excluding hydrogens is 384 g/mol. The number of hydrogen-bond donors (Lipinski definition) is 3. The van der Waals surface area contributed by atoms with Gasteiger partial charge in [0.2, 0.25) is 17.5 Å². The molecule has 10 heteroatoms. The quantitative estimate of drug-likeness (QED) is 0.413. The molecule has 0 fully saturated rings. The van der Waals surface area contributed by atoms with Crippen LogP contribution < -0.4 is 16.0 Å². The first-order valence-electron chi connectivity index (χ1n) is 8.09. The van der Waals surface area contributed by atoms with E-state index in [9.17, 15) is 14.9 Å². The number of nitrogens with one attached hydrogen (secondary N) is 3. The van der Waals surface area contributed by atoms with Gasteiger partial charge in [0, 0.05) is 18.3 Å². The number of carbonyl (C=O) groups is 1. The number of aromatic nitrogens is 2. The summed E-state index contributed by atoms with van der Waals surface area (Å²) in [5.74, 6) is -0.172. The zero-order valence-electron chi connectivity index (χ0n) is 14.6. The molecule has 3 N–H and O–H groups in total. The first-order chi connectivity index (χ1) is 13.4. The molecule has 0 atom stereocenters. The van der Waals surface area contributed by atoms with Gasteiger partial charge in [0.15, 0.2) is 0 Å². The van der Waals surface area contributed by atoms with Crippen LogP contribution in [0.15, 0.2) is 54.9 Å². The molecular formula is C18H15ClN6O3. The van der Waals surface area contributed by atoms with E-state index in [1.807, 2.05) is 0 Å². The van der Waals surface area contributed by atoms with Crippen molar-refractivity contribution in [1.29, 1.82) is 0 Å². The summed E-state index contributed by atoms with van der Waals surface area (Å²) in [7, 11) is 0. The van der Waals surface area contributed by atoms with Crippen LogP contribution in [0.25, 0.3) is 0 Å². The Morgan fingerprint density at radius 3 is 2.21 bits per heavy atom. The average molecular weight is 399 g/mol. The molecule has 3 aromatic rings. The van der Waals surface area contributed by atoms with E-state index in [0.29, 0.717) is 22.1 Å². The van der Waals surface area contributed by atoms with Gasteiger partial charge in [0.05, 0.1) is 15.6 Å². The summed E-state index contributed by atoms with van der Waals surface area (Å²) < 4.78 is 0. The van der Waals surface area contributed by atoms with Crippen molar-refractivity contribution in [3.63, 3.8) is 0 Å². The monoisotopic (exact) mass is 398 g/mol. The highest BCUT2D eigenvalue weighted by Crippen LogP contribution is 2.34. The molecule has 0 aliphatic rings. The van der Waals surface area contributed by atoms with E-state index in [-0.39, 0.29) is 23.2 Å². The zero-order chi connectivity index (χ0) is 20.1. The Morgan fingerprint density at radius 2 is 1.61 bits per heavy atom. The minimum atomic E-state index is -0.576. The number of para-hydroxylation sites is 1. The minimum Gasteiger partial charge on any atom is -0.334 e. The maximum absolute atomic E-state index is 11.6. The smallest absolute Gasteiger partial charge is 0.334 e. The maximum atomic E-state index is 11.6. The number of nitro groups is 1. The average Bonchev–Trinajstić information content (AvgIpc) is 2.65. The maximum Gasteiger partial charge on any atom is 0.353 e. The van der Waals surface area contributed by atoms with Crippen molar-refractivity contribution < 1.29 is 9.72 Å². The molecule has 1 aromatic heterocycles. The van der Waals surface area contributed by atoms with Gasteiger partial charge in [-0.15, -0.1) is 0 Å². The number of benzene rings is 2. The fourth-order valence-electron chi connectivity index (χ4n) is 2.40. The largest absolute Gasteiger partial charge is 0.353 e. The van der Waals surface area contributed by atoms with Gasteiger partial charge in [-0.25, -0.2) is 9.97 Å². The predicted molar refractivity (Wildman–Crippen MR) is 107 cm³/mol. The Balaban J connectivity index is 1.90. The van der Waals surface area contributed by atoms with Crippen LogP contribution in [0.2, 0.25) is 5.02 Å². The summed E-state index contributed by atoms with van der Waals surface area (Å²) >= 11 is 6.11. The van der Waals surface area contributed by atoms with Gasteiger partial charge in [-0.2, -0.15) is 0 Å². The van der Waals surface area contributed by atoms with Crippen molar-refractivity contribution in [2.24, 2.45) is 0 Å². The number of anilines is 5. The molecule has 0 aliphatic heterocycles. The predicted octanol–water partition coefficient (Wildman–Crippen LogP) is 4.48. The fourth-order valence-corrected chi connectivity index (χ4v) is 2.58. The van der Waals surface area contributed by atoms with Crippen LogP contribution in [-0.2, 0) is 4.79 Å². The van der Waals surface area contributed by atoms with Crippen LogP contribution >= 0.6 is 11.6 Å². The van der Waals surface area contributed by atoms with E-state index in [1.165, 1.54) is 13.3 Å². The van der Waals surface area contributed by atoms with E-state index < -0.39 is 4.92 Å². The van der Waals surface area contributed by atoms with Crippen molar-refractivity contribution >= 4 is 51.9 Å². The number of amides is 1. The molecule has 1 heterocycles. The molecule has 3 rings (SSSR count). The molecule has 142 valence electrons. The lowest BCUT2D eigenvalue weighted by molar-refractivity contribution is -0.383. The third kappa shape index (κ3) is 4.51. The summed E-state index contributed by atoms with van der Waals surface area (Å²) in [6.45, 7) is 1.41. The SMILES string of the molecule is CC(=O)Nc1ccc(Nc2ncnc(Nc3ccccc3Cl)c2[N+](=O)[O-])cc1. The topological polar surface area (TPSA) is 122 Å². The van der Waals surface area contributed by atoms with Gasteiger partial charge in [-0.1, -0.05) is 23.7 Å². The second-order valence-electron chi connectivity index (χ2n) is 5.66. The summed E-state index contributed by atoms with van der Waals surface area (Å²) in [6, 6.07) is 13.5. The van der Waals surface area contributed by atoms with Gasteiger partial charge in [-0.3, -0.25) is 14.9 Å². The van der Waals surface area contributed by atoms with Gasteiger partial charge in [0.25, 0.3) is 0 Å². The molecule has 0 spiro atoms. The van der Waals surface area contributed by atoms with Gasteiger partial charge in [-0.05, 0) is 36.4 Å². The summed E-state index contributed by atoms with van der Waals surface area (Å²) in [4.78, 5) is 30.1. The van der Waals surface area contributed by atoms with Gasteiger partial charge < -0.3 is 16.0 Å². The van der Waals surface area contributed by atoms with Gasteiger partial charge >= 0.3 is 5.69 Å². The fraction of sp³-hybridized carbons (Fsp3) is 0.0556. The standard InChI is InChI=1S/C18H15ClN6O3/c1-11(26)22-12-6-8-13(9-7-12)23-17-16(25(27)28)18(21-10-20-17)24-15-5-3-2-4-14(15)19/h2-10H,1H3,(H,22,26)(H2,20,21,23,24). The Labute approximate surface area is 164 Å². The third-order valence-corrected chi connectivity index (χ3v) is 3.93. The molecule has 28 heavy (non-hydrogen) atoms. The highest BCUT2D eigenvalue weighted by molar-refractivity contribution is 6.33. The van der Waals surface area contributed by atoms with Crippen molar-refractivity contribution in [1.82, 2.24) is 9.97 Å². The van der Waals surface area contributed by atoms with Crippen molar-refractivity contribution in [3.8, 4) is 0 Å². The molecule has 0 bridgehead atoms. The van der Waals surface area contributed by atoms with Crippen LogP contribution in [0.1, 0.15) is 6.92 Å². The molecule has 9 nitrogen and oxygen atoms in total. The van der Waals surface area contributed by atoms with E-state index in [2.05, 4.69) is 25.9 Å². The lowest BCUT2D eigenvalue weighted by atomic mass is 10.2. The molecule has 0 aliphatic carbocycles. The van der Waals surface area contributed by atoms with Crippen LogP contribution in [0.4, 0.5) is 34.4 Å². The number of nitrogens with zero attached hydrogens (tertiary/aromatic N) is 3. The Morgan fingerprint density at radius 1 is 1.00 bits per heavy atom. The highest BCUT2D eigenvalue weighted by Gasteiger charge is 2.23. The van der Waals surface area contributed by atoms with Crippen LogP contribution in [-0.4, -0.2) is 20.8 Å². The highest BCUT2D eigenvalue weighted by atomic mass is 35.5. The van der Waals surface area contributed by atoms with E-state index in [1.54, 1.807) is 48.5 Å². The van der Waals surface area contributed by atoms with Crippen LogP contribution in [0.5, 0.6) is 0 Å². The van der Waals surface area contributed by atoms with E-state index >= 15 is 0 Å². The summed E-state index contributed by atoms with van der Waals surface area (Å²) in [6.07, 6.45) is 1.21. The number of hydrogen-bond acceptors (Lipinski definition) is 7. The third-order valence-electron chi connectivity index (χ3n) is 3.60. The lowest BCUT2D eigenvalue weighted by Crippen LogP contribution is -2.06. The number of carbonyl (C=O) groups excluding carboxylic acids is 1. The normalized spacial score (nSPS) is 10.2. The molecule has 0 unspecified atom stereocenters. The molecule has 0 radical (unpaired) electrons. The second-order valence-corrected chi connectivity index (χ2v) is 6.07. The van der Waals surface area contributed by atoms with Crippen LogP contribution in [0, 0.1) is 10.1 Å². The molecule has 2 aromatic carbocycles. The molecule has 0 saturated heterocycles. The van der Waals surface area contributed by atoms with Crippen molar-refractivity contribution in [2.75, 3.05) is 16.0 Å². The first-order valence-corrected chi connectivity index (χ1v) is 8.47. The Bertz CT molecular complexity index is 1030. The van der Waals surface area contributed by atoms with Crippen molar-refractivity contribution in [3.05, 3.63) is 70.0 Å². The minimum absolute atomic E-state index is 0.00506. The van der Waals surface area contributed by atoms with Crippen LogP contribution in [0.3, 0.4) is 0 Å². The molecule has 1 amide bonds. The number of rotatable bonds is 6. The lowest BCUT2D eigenvalue weighted by Gasteiger charge is -2.11. The van der Waals surface area contributed by atoms with E-state index in [0.717, 1.165) is 0 Å².